The molecule has 0 radical (unpaired) electrons. The second-order valence-electron chi connectivity index (χ2n) is 4.61. The van der Waals surface area contributed by atoms with Gasteiger partial charge in [0.2, 0.25) is 0 Å². The van der Waals surface area contributed by atoms with Crippen molar-refractivity contribution in [3.8, 4) is 0 Å². The Morgan fingerprint density at radius 3 is 2.29 bits per heavy atom. The largest absolute Gasteiger partial charge is 0.411 e. The number of amides is 1. The zero-order valence-corrected chi connectivity index (χ0v) is 12.5. The zero-order chi connectivity index (χ0) is 16.1. The minimum Gasteiger partial charge on any atom is -0.338 e. The third-order valence-corrected chi connectivity index (χ3v) is 4.79. The standard InChI is InChI=1S/C11H8Cl2F3NO3S/c12-8-2-1-6(21(13,19)20)5-7(8)9(18)17-10(3-4-10)11(14,15)16/h1-2,5H,3-4H2,(H,17,18). The van der Waals surface area contributed by atoms with Crippen molar-refractivity contribution in [2.75, 3.05) is 0 Å². The third kappa shape index (κ3) is 3.27. The summed E-state index contributed by atoms with van der Waals surface area (Å²) < 4.78 is 60.7. The van der Waals surface area contributed by atoms with Crippen LogP contribution in [0.25, 0.3) is 0 Å². The fourth-order valence-electron chi connectivity index (χ4n) is 1.72. The predicted molar refractivity (Wildman–Crippen MR) is 70.0 cm³/mol. The normalized spacial score (nSPS) is 17.4. The molecule has 10 heteroatoms. The Labute approximate surface area is 127 Å². The first kappa shape index (κ1) is 16.4. The molecular formula is C11H8Cl2F3NO3S. The van der Waals surface area contributed by atoms with Gasteiger partial charge in [-0.3, -0.25) is 4.79 Å². The van der Waals surface area contributed by atoms with E-state index in [2.05, 4.69) is 0 Å². The predicted octanol–water partition coefficient (Wildman–Crippen LogP) is 3.09. The van der Waals surface area contributed by atoms with E-state index in [1.807, 2.05) is 5.32 Å². The van der Waals surface area contributed by atoms with E-state index < -0.39 is 31.6 Å². The summed E-state index contributed by atoms with van der Waals surface area (Å²) in [6.45, 7) is 0. The van der Waals surface area contributed by atoms with Crippen molar-refractivity contribution in [3.63, 3.8) is 0 Å². The zero-order valence-electron chi connectivity index (χ0n) is 10.2. The molecule has 1 aromatic rings. The van der Waals surface area contributed by atoms with Crippen molar-refractivity contribution in [2.24, 2.45) is 0 Å². The molecule has 0 spiro atoms. The first-order valence-electron chi connectivity index (χ1n) is 5.60. The summed E-state index contributed by atoms with van der Waals surface area (Å²) in [5.41, 5.74) is -2.64. The van der Waals surface area contributed by atoms with Gasteiger partial charge < -0.3 is 5.32 Å². The van der Waals surface area contributed by atoms with E-state index in [1.165, 1.54) is 0 Å². The first-order chi connectivity index (χ1) is 9.46. The van der Waals surface area contributed by atoms with Crippen LogP contribution in [0, 0.1) is 0 Å². The lowest BCUT2D eigenvalue weighted by molar-refractivity contribution is -0.163. The van der Waals surface area contributed by atoms with Crippen LogP contribution >= 0.6 is 22.3 Å². The van der Waals surface area contributed by atoms with Crippen LogP contribution in [-0.2, 0) is 9.05 Å². The van der Waals surface area contributed by atoms with Crippen molar-refractivity contribution in [1.29, 1.82) is 0 Å². The number of carbonyl (C=O) groups is 1. The molecule has 21 heavy (non-hydrogen) atoms. The maximum Gasteiger partial charge on any atom is 0.411 e. The Balaban J connectivity index is 2.32. The van der Waals surface area contributed by atoms with Crippen LogP contribution in [0.15, 0.2) is 23.1 Å². The highest BCUT2D eigenvalue weighted by atomic mass is 35.7. The van der Waals surface area contributed by atoms with Gasteiger partial charge in [-0.15, -0.1) is 0 Å². The Morgan fingerprint density at radius 1 is 1.29 bits per heavy atom. The summed E-state index contributed by atoms with van der Waals surface area (Å²) in [7, 11) is 1.00. The quantitative estimate of drug-likeness (QED) is 0.841. The molecule has 0 atom stereocenters. The fourth-order valence-corrected chi connectivity index (χ4v) is 2.70. The van der Waals surface area contributed by atoms with Crippen molar-refractivity contribution < 1.29 is 26.4 Å². The van der Waals surface area contributed by atoms with Crippen molar-refractivity contribution in [1.82, 2.24) is 5.32 Å². The number of hydrogen-bond acceptors (Lipinski definition) is 3. The number of carbonyl (C=O) groups excluding carboxylic acids is 1. The van der Waals surface area contributed by atoms with Gasteiger partial charge in [0.05, 0.1) is 15.5 Å². The molecule has 116 valence electrons. The van der Waals surface area contributed by atoms with E-state index in [0.717, 1.165) is 18.2 Å². The van der Waals surface area contributed by atoms with E-state index in [-0.39, 0.29) is 23.4 Å². The monoisotopic (exact) mass is 361 g/mol. The summed E-state index contributed by atoms with van der Waals surface area (Å²) in [4.78, 5) is 11.5. The molecule has 0 saturated heterocycles. The molecule has 0 aliphatic heterocycles. The van der Waals surface area contributed by atoms with E-state index >= 15 is 0 Å². The molecule has 1 amide bonds. The van der Waals surface area contributed by atoms with Crippen LogP contribution in [0.1, 0.15) is 23.2 Å². The molecule has 2 rings (SSSR count). The maximum atomic E-state index is 12.8. The molecule has 0 aromatic heterocycles. The average Bonchev–Trinajstić information content (AvgIpc) is 3.08. The second kappa shape index (κ2) is 5.03. The average molecular weight is 362 g/mol. The van der Waals surface area contributed by atoms with Crippen molar-refractivity contribution >= 4 is 37.2 Å². The number of nitrogens with one attached hydrogen (secondary N) is 1. The minimum absolute atomic E-state index is 0.172. The molecule has 1 aromatic carbocycles. The molecule has 1 N–H and O–H groups in total. The first-order valence-corrected chi connectivity index (χ1v) is 8.28. The van der Waals surface area contributed by atoms with Crippen LogP contribution in [-0.4, -0.2) is 26.0 Å². The summed E-state index contributed by atoms with van der Waals surface area (Å²) in [5, 5.41) is 1.69. The molecular weight excluding hydrogens is 354 g/mol. The second-order valence-corrected chi connectivity index (χ2v) is 7.59. The summed E-state index contributed by atoms with van der Waals surface area (Å²) in [5.74, 6) is -1.10. The van der Waals surface area contributed by atoms with Crippen LogP contribution in [0.5, 0.6) is 0 Å². The topological polar surface area (TPSA) is 63.2 Å². The van der Waals surface area contributed by atoms with Gasteiger partial charge in [-0.25, -0.2) is 8.42 Å². The number of halogens is 5. The van der Waals surface area contributed by atoms with Crippen molar-refractivity contribution in [2.45, 2.75) is 29.5 Å². The van der Waals surface area contributed by atoms with Gasteiger partial charge in [0.1, 0.15) is 5.54 Å². The Morgan fingerprint density at radius 2 is 1.86 bits per heavy atom. The molecule has 1 saturated carbocycles. The fraction of sp³-hybridized carbons (Fsp3) is 0.364. The van der Waals surface area contributed by atoms with Crippen molar-refractivity contribution in [3.05, 3.63) is 28.8 Å². The molecule has 0 heterocycles. The van der Waals surface area contributed by atoms with E-state index in [9.17, 15) is 26.4 Å². The van der Waals surface area contributed by atoms with Gasteiger partial charge in [-0.1, -0.05) is 11.6 Å². The Hall–Kier alpha value is -0.990. The maximum absolute atomic E-state index is 12.8. The number of rotatable bonds is 3. The van der Waals surface area contributed by atoms with Gasteiger partial charge in [-0.05, 0) is 31.0 Å². The SMILES string of the molecule is O=C(NC1(C(F)(F)F)CC1)c1cc(S(=O)(=O)Cl)ccc1Cl. The summed E-state index contributed by atoms with van der Waals surface area (Å²) >= 11 is 5.72. The van der Waals surface area contributed by atoms with Gasteiger partial charge >= 0.3 is 6.18 Å². The molecule has 4 nitrogen and oxygen atoms in total. The lowest BCUT2D eigenvalue weighted by Crippen LogP contribution is -2.47. The molecule has 1 aliphatic carbocycles. The van der Waals surface area contributed by atoms with E-state index in [0.29, 0.717) is 0 Å². The lowest BCUT2D eigenvalue weighted by atomic mass is 10.1. The lowest BCUT2D eigenvalue weighted by Gasteiger charge is -2.21. The van der Waals surface area contributed by atoms with Crippen LogP contribution in [0.4, 0.5) is 13.2 Å². The van der Waals surface area contributed by atoms with Crippen LogP contribution in [0.2, 0.25) is 5.02 Å². The Kier molecular flexibility index (Phi) is 3.92. The highest BCUT2D eigenvalue weighted by Gasteiger charge is 2.64. The van der Waals surface area contributed by atoms with E-state index in [1.54, 1.807) is 0 Å². The summed E-state index contributed by atoms with van der Waals surface area (Å²) in [6.07, 6.45) is -5.04. The van der Waals surface area contributed by atoms with Crippen LogP contribution in [0.3, 0.4) is 0 Å². The van der Waals surface area contributed by atoms with E-state index in [4.69, 9.17) is 22.3 Å². The van der Waals surface area contributed by atoms with Gasteiger partial charge in [-0.2, -0.15) is 13.2 Å². The smallest absolute Gasteiger partial charge is 0.338 e. The Bertz CT molecular complexity index is 699. The third-order valence-electron chi connectivity index (χ3n) is 3.11. The molecule has 0 unspecified atom stereocenters. The summed E-state index contributed by atoms with van der Waals surface area (Å²) in [6, 6.07) is 2.98. The minimum atomic E-state index is -4.58. The highest BCUT2D eigenvalue weighted by molar-refractivity contribution is 8.13. The molecule has 0 bridgehead atoms. The van der Waals surface area contributed by atoms with Gasteiger partial charge in [0.15, 0.2) is 0 Å². The van der Waals surface area contributed by atoms with Gasteiger partial charge in [0.25, 0.3) is 15.0 Å². The molecule has 1 fully saturated rings. The number of alkyl halides is 3. The number of benzene rings is 1. The van der Waals surface area contributed by atoms with Crippen LogP contribution < -0.4 is 5.32 Å². The highest BCUT2D eigenvalue weighted by Crippen LogP contribution is 2.49. The van der Waals surface area contributed by atoms with Gasteiger partial charge in [0, 0.05) is 10.7 Å². The molecule has 1 aliphatic rings. The number of hydrogen-bond donors (Lipinski definition) is 1.